The molecular weight excluding hydrogens is 368 g/mol. The summed E-state index contributed by atoms with van der Waals surface area (Å²) in [5.41, 5.74) is 3.69. The summed E-state index contributed by atoms with van der Waals surface area (Å²) in [4.78, 5) is 23.4. The van der Waals surface area contributed by atoms with Crippen LogP contribution in [0.4, 0.5) is 10.5 Å². The second-order valence-corrected chi connectivity index (χ2v) is 7.02. The normalized spacial score (nSPS) is 14.6. The molecule has 1 saturated heterocycles. The van der Waals surface area contributed by atoms with Crippen LogP contribution in [0.1, 0.15) is 18.4 Å². The van der Waals surface area contributed by atoms with Crippen molar-refractivity contribution in [3.63, 3.8) is 0 Å². The van der Waals surface area contributed by atoms with Crippen molar-refractivity contribution >= 4 is 22.8 Å². The van der Waals surface area contributed by atoms with Crippen molar-refractivity contribution in [3.05, 3.63) is 60.3 Å². The molecule has 0 bridgehead atoms. The van der Waals surface area contributed by atoms with E-state index < -0.39 is 0 Å². The minimum Gasteiger partial charge on any atom is -0.481 e. The number of piperidine rings is 1. The van der Waals surface area contributed by atoms with Crippen LogP contribution >= 0.6 is 0 Å². The zero-order chi connectivity index (χ0) is 20.1. The predicted octanol–water partition coefficient (Wildman–Crippen LogP) is 3.53. The van der Waals surface area contributed by atoms with Gasteiger partial charge in [-0.3, -0.25) is 4.98 Å². The van der Waals surface area contributed by atoms with Gasteiger partial charge in [0, 0.05) is 31.4 Å². The number of pyridine rings is 2. The molecule has 2 aromatic heterocycles. The number of anilines is 1. The first-order valence-corrected chi connectivity index (χ1v) is 9.75. The summed E-state index contributed by atoms with van der Waals surface area (Å²) in [5.74, 6) is 0.574. The number of alkyl carbamates (subject to hydrolysis) is 1. The molecule has 3 aromatic rings. The van der Waals surface area contributed by atoms with Gasteiger partial charge >= 0.3 is 6.09 Å². The lowest BCUT2D eigenvalue weighted by Crippen LogP contribution is -2.45. The number of carbonyl (C=O) groups is 1. The molecule has 29 heavy (non-hydrogen) atoms. The Hall–Kier alpha value is -3.35. The smallest absolute Gasteiger partial charge is 0.407 e. The first kappa shape index (κ1) is 19.0. The minimum absolute atomic E-state index is 0.102. The summed E-state index contributed by atoms with van der Waals surface area (Å²) in [6.07, 6.45) is 3.12. The maximum absolute atomic E-state index is 12.1. The molecule has 3 heterocycles. The van der Waals surface area contributed by atoms with Gasteiger partial charge in [0.05, 0.1) is 18.3 Å². The molecule has 0 unspecified atom stereocenters. The number of carbonyl (C=O) groups excluding carboxylic acids is 1. The molecule has 0 spiro atoms. The molecule has 0 radical (unpaired) electrons. The number of ether oxygens (including phenoxy) is 2. The first-order valence-electron chi connectivity index (χ1n) is 9.75. The zero-order valence-corrected chi connectivity index (χ0v) is 16.4. The van der Waals surface area contributed by atoms with Crippen LogP contribution in [0.2, 0.25) is 0 Å². The van der Waals surface area contributed by atoms with Crippen LogP contribution < -0.4 is 15.0 Å². The highest BCUT2D eigenvalue weighted by Crippen LogP contribution is 2.28. The predicted molar refractivity (Wildman–Crippen MR) is 111 cm³/mol. The van der Waals surface area contributed by atoms with Gasteiger partial charge in [-0.15, -0.1) is 0 Å². The standard InChI is InChI=1S/C22H24N4O3/c1-28-20-8-7-18-21(25-20)19(9-12-23-18)26-13-10-17(11-14-26)24-22(27)29-15-16-5-3-2-4-6-16/h2-9,12,17H,10-11,13-15H2,1H3,(H,24,27). The summed E-state index contributed by atoms with van der Waals surface area (Å²) >= 11 is 0. The Morgan fingerprint density at radius 3 is 2.69 bits per heavy atom. The quantitative estimate of drug-likeness (QED) is 0.716. The molecule has 0 aliphatic carbocycles. The number of hydrogen-bond acceptors (Lipinski definition) is 6. The number of fused-ring (bicyclic) bond motifs is 1. The van der Waals surface area contributed by atoms with Crippen LogP contribution in [0, 0.1) is 0 Å². The van der Waals surface area contributed by atoms with E-state index >= 15 is 0 Å². The SMILES string of the molecule is COc1ccc2nccc(N3CCC(NC(=O)OCc4ccccc4)CC3)c2n1. The number of methoxy groups -OCH3 is 1. The van der Waals surface area contributed by atoms with Crippen LogP contribution in [0.5, 0.6) is 5.88 Å². The fourth-order valence-corrected chi connectivity index (χ4v) is 3.56. The fraction of sp³-hybridized carbons (Fsp3) is 0.318. The Bertz CT molecular complexity index is 972. The van der Waals surface area contributed by atoms with Crippen molar-refractivity contribution in [1.82, 2.24) is 15.3 Å². The molecule has 1 aliphatic rings. The molecule has 4 rings (SSSR count). The van der Waals surface area contributed by atoms with Crippen molar-refractivity contribution in [1.29, 1.82) is 0 Å². The van der Waals surface area contributed by atoms with Crippen LogP contribution in [-0.2, 0) is 11.3 Å². The van der Waals surface area contributed by atoms with Gasteiger partial charge in [-0.05, 0) is 30.5 Å². The minimum atomic E-state index is -0.368. The number of benzene rings is 1. The average molecular weight is 392 g/mol. The summed E-state index contributed by atoms with van der Waals surface area (Å²) in [5, 5.41) is 2.98. The van der Waals surface area contributed by atoms with E-state index in [0.29, 0.717) is 5.88 Å². The van der Waals surface area contributed by atoms with E-state index in [0.717, 1.165) is 48.2 Å². The molecule has 0 saturated carbocycles. The van der Waals surface area contributed by atoms with E-state index in [4.69, 9.17) is 9.47 Å². The Morgan fingerprint density at radius 1 is 1.14 bits per heavy atom. The Kier molecular flexibility index (Phi) is 5.74. The molecule has 1 N–H and O–H groups in total. The molecule has 0 atom stereocenters. The number of nitrogens with one attached hydrogen (secondary N) is 1. The van der Waals surface area contributed by atoms with Gasteiger partial charge in [0.15, 0.2) is 0 Å². The number of nitrogens with zero attached hydrogens (tertiary/aromatic N) is 3. The molecule has 1 fully saturated rings. The highest BCUT2D eigenvalue weighted by molar-refractivity contribution is 5.88. The highest BCUT2D eigenvalue weighted by atomic mass is 16.5. The van der Waals surface area contributed by atoms with E-state index in [-0.39, 0.29) is 18.7 Å². The van der Waals surface area contributed by atoms with Gasteiger partial charge in [-0.1, -0.05) is 30.3 Å². The monoisotopic (exact) mass is 392 g/mol. The second kappa shape index (κ2) is 8.77. The number of hydrogen-bond donors (Lipinski definition) is 1. The maximum Gasteiger partial charge on any atom is 0.407 e. The van der Waals surface area contributed by atoms with E-state index in [1.165, 1.54) is 0 Å². The lowest BCUT2D eigenvalue weighted by Gasteiger charge is -2.34. The Labute approximate surface area is 169 Å². The number of amides is 1. The van der Waals surface area contributed by atoms with Crippen LogP contribution in [0.15, 0.2) is 54.7 Å². The zero-order valence-electron chi connectivity index (χ0n) is 16.4. The number of rotatable bonds is 5. The number of aromatic nitrogens is 2. The lowest BCUT2D eigenvalue weighted by molar-refractivity contribution is 0.134. The van der Waals surface area contributed by atoms with Gasteiger partial charge < -0.3 is 19.7 Å². The lowest BCUT2D eigenvalue weighted by atomic mass is 10.0. The summed E-state index contributed by atoms with van der Waals surface area (Å²) in [6, 6.07) is 15.5. The van der Waals surface area contributed by atoms with E-state index in [1.807, 2.05) is 48.5 Å². The van der Waals surface area contributed by atoms with E-state index in [9.17, 15) is 4.79 Å². The van der Waals surface area contributed by atoms with Crippen molar-refractivity contribution in [3.8, 4) is 5.88 Å². The largest absolute Gasteiger partial charge is 0.481 e. The molecule has 1 amide bonds. The Balaban J connectivity index is 1.34. The van der Waals surface area contributed by atoms with Crippen molar-refractivity contribution in [2.75, 3.05) is 25.1 Å². The van der Waals surface area contributed by atoms with E-state index in [2.05, 4.69) is 20.2 Å². The van der Waals surface area contributed by atoms with Crippen LogP contribution in [0.3, 0.4) is 0 Å². The molecule has 1 aliphatic heterocycles. The maximum atomic E-state index is 12.1. The molecule has 1 aromatic carbocycles. The summed E-state index contributed by atoms with van der Waals surface area (Å²) < 4.78 is 10.6. The molecule has 7 heteroatoms. The van der Waals surface area contributed by atoms with Crippen LogP contribution in [-0.4, -0.2) is 42.3 Å². The third-order valence-corrected chi connectivity index (χ3v) is 5.12. The summed E-state index contributed by atoms with van der Waals surface area (Å²) in [6.45, 7) is 1.92. The van der Waals surface area contributed by atoms with Crippen LogP contribution in [0.25, 0.3) is 11.0 Å². The third-order valence-electron chi connectivity index (χ3n) is 5.12. The van der Waals surface area contributed by atoms with Gasteiger partial charge in [-0.2, -0.15) is 0 Å². The molecule has 150 valence electrons. The van der Waals surface area contributed by atoms with Crippen molar-refractivity contribution < 1.29 is 14.3 Å². The van der Waals surface area contributed by atoms with Gasteiger partial charge in [0.2, 0.25) is 5.88 Å². The van der Waals surface area contributed by atoms with E-state index in [1.54, 1.807) is 13.3 Å². The third kappa shape index (κ3) is 4.56. The molecule has 7 nitrogen and oxygen atoms in total. The van der Waals surface area contributed by atoms with Gasteiger partial charge in [-0.25, -0.2) is 9.78 Å². The Morgan fingerprint density at radius 2 is 1.93 bits per heavy atom. The second-order valence-electron chi connectivity index (χ2n) is 7.02. The van der Waals surface area contributed by atoms with Crippen molar-refractivity contribution in [2.24, 2.45) is 0 Å². The summed E-state index contributed by atoms with van der Waals surface area (Å²) in [7, 11) is 1.61. The average Bonchev–Trinajstić information content (AvgIpc) is 2.78. The van der Waals surface area contributed by atoms with Gasteiger partial charge in [0.1, 0.15) is 12.1 Å². The van der Waals surface area contributed by atoms with Crippen molar-refractivity contribution in [2.45, 2.75) is 25.5 Å². The molecular formula is C22H24N4O3. The first-order chi connectivity index (χ1) is 14.2. The van der Waals surface area contributed by atoms with Gasteiger partial charge in [0.25, 0.3) is 0 Å². The highest BCUT2D eigenvalue weighted by Gasteiger charge is 2.23. The fourth-order valence-electron chi connectivity index (χ4n) is 3.56. The topological polar surface area (TPSA) is 76.6 Å².